The third kappa shape index (κ3) is 4.84. The Morgan fingerprint density at radius 2 is 1.65 bits per heavy atom. The van der Waals surface area contributed by atoms with Gasteiger partial charge in [-0.2, -0.15) is 0 Å². The van der Waals surface area contributed by atoms with Gasteiger partial charge in [0.15, 0.2) is 0 Å². The van der Waals surface area contributed by atoms with Crippen molar-refractivity contribution in [3.05, 3.63) is 65.2 Å². The summed E-state index contributed by atoms with van der Waals surface area (Å²) >= 11 is 0. The molecule has 2 heteroatoms. The average molecular weight is 311 g/mol. The van der Waals surface area contributed by atoms with Gasteiger partial charge in [0, 0.05) is 0 Å². The topological polar surface area (TPSA) is 35.2 Å². The first-order valence-corrected chi connectivity index (χ1v) is 8.40. The summed E-state index contributed by atoms with van der Waals surface area (Å²) in [6.45, 7) is 10.1. The molecule has 1 atom stereocenters. The van der Waals surface area contributed by atoms with Crippen molar-refractivity contribution in [2.75, 3.05) is 13.2 Å². The van der Waals surface area contributed by atoms with Gasteiger partial charge in [-0.05, 0) is 54.0 Å². The standard InChI is InChI=1S/C21H29NO/c1-16-7-5-6-8-20(16)23-14-13-18(15-22)17-9-11-19(12-10-17)21(2,3)4/h5-12,18H,13-15,22H2,1-4H3. The molecule has 0 aliphatic rings. The Hall–Kier alpha value is -1.80. The second-order valence-electron chi connectivity index (χ2n) is 7.21. The van der Waals surface area contributed by atoms with E-state index < -0.39 is 0 Å². The summed E-state index contributed by atoms with van der Waals surface area (Å²) in [5.41, 5.74) is 9.99. The molecule has 0 aliphatic carbocycles. The zero-order chi connectivity index (χ0) is 16.9. The van der Waals surface area contributed by atoms with Gasteiger partial charge in [0.2, 0.25) is 0 Å². The molecule has 0 heterocycles. The maximum atomic E-state index is 5.98. The van der Waals surface area contributed by atoms with E-state index in [1.54, 1.807) is 0 Å². The molecule has 1 unspecified atom stereocenters. The SMILES string of the molecule is Cc1ccccc1OCCC(CN)c1ccc(C(C)(C)C)cc1. The maximum absolute atomic E-state index is 5.98. The minimum absolute atomic E-state index is 0.185. The number of hydrogen-bond acceptors (Lipinski definition) is 2. The Kier molecular flexibility index (Phi) is 5.84. The van der Waals surface area contributed by atoms with Gasteiger partial charge in [-0.15, -0.1) is 0 Å². The van der Waals surface area contributed by atoms with Gasteiger partial charge < -0.3 is 10.5 Å². The number of hydrogen-bond donors (Lipinski definition) is 1. The van der Waals surface area contributed by atoms with Crippen molar-refractivity contribution in [2.24, 2.45) is 5.73 Å². The first-order valence-electron chi connectivity index (χ1n) is 8.40. The number of nitrogens with two attached hydrogens (primary N) is 1. The number of rotatable bonds is 6. The molecule has 0 aliphatic heterocycles. The number of ether oxygens (including phenoxy) is 1. The molecule has 2 rings (SSSR count). The Labute approximate surface area is 140 Å². The fourth-order valence-corrected chi connectivity index (χ4v) is 2.71. The lowest BCUT2D eigenvalue weighted by molar-refractivity contribution is 0.296. The molecule has 23 heavy (non-hydrogen) atoms. The van der Waals surface area contributed by atoms with Crippen molar-refractivity contribution < 1.29 is 4.74 Å². The van der Waals surface area contributed by atoms with Crippen LogP contribution in [0.2, 0.25) is 0 Å². The Bertz CT molecular complexity index is 610. The normalized spacial score (nSPS) is 12.9. The summed E-state index contributed by atoms with van der Waals surface area (Å²) in [4.78, 5) is 0. The van der Waals surface area contributed by atoms with Crippen LogP contribution in [0, 0.1) is 6.92 Å². The molecule has 0 fully saturated rings. The minimum atomic E-state index is 0.185. The summed E-state index contributed by atoms with van der Waals surface area (Å²) < 4.78 is 5.91. The lowest BCUT2D eigenvalue weighted by Gasteiger charge is -2.21. The summed E-state index contributed by atoms with van der Waals surface area (Å²) in [6, 6.07) is 17.0. The molecule has 0 amide bonds. The second kappa shape index (κ2) is 7.65. The Balaban J connectivity index is 1.96. The number of para-hydroxylation sites is 1. The number of aryl methyl sites for hydroxylation is 1. The third-order valence-corrected chi connectivity index (χ3v) is 4.35. The molecule has 2 aromatic carbocycles. The Morgan fingerprint density at radius 1 is 1.00 bits per heavy atom. The number of benzene rings is 2. The molecule has 2 nitrogen and oxygen atoms in total. The molecule has 0 saturated heterocycles. The minimum Gasteiger partial charge on any atom is -0.493 e. The largest absolute Gasteiger partial charge is 0.493 e. The van der Waals surface area contributed by atoms with Crippen LogP contribution in [0.25, 0.3) is 0 Å². The monoisotopic (exact) mass is 311 g/mol. The molecule has 0 radical (unpaired) electrons. The van der Waals surface area contributed by atoms with Crippen molar-refractivity contribution in [1.82, 2.24) is 0 Å². The van der Waals surface area contributed by atoms with Crippen LogP contribution in [0.3, 0.4) is 0 Å². The molecule has 0 bridgehead atoms. The highest BCUT2D eigenvalue weighted by molar-refractivity contribution is 5.32. The van der Waals surface area contributed by atoms with Crippen molar-refractivity contribution in [2.45, 2.75) is 45.4 Å². The zero-order valence-electron chi connectivity index (χ0n) is 14.8. The van der Waals surface area contributed by atoms with E-state index in [-0.39, 0.29) is 5.41 Å². The highest BCUT2D eigenvalue weighted by Gasteiger charge is 2.15. The van der Waals surface area contributed by atoms with Gasteiger partial charge in [0.05, 0.1) is 6.61 Å². The van der Waals surface area contributed by atoms with E-state index in [1.165, 1.54) is 16.7 Å². The van der Waals surface area contributed by atoms with Crippen LogP contribution in [0.15, 0.2) is 48.5 Å². The summed E-state index contributed by atoms with van der Waals surface area (Å²) in [7, 11) is 0. The maximum Gasteiger partial charge on any atom is 0.122 e. The molecular formula is C21H29NO. The second-order valence-corrected chi connectivity index (χ2v) is 7.21. The van der Waals surface area contributed by atoms with Gasteiger partial charge in [-0.1, -0.05) is 63.2 Å². The molecule has 2 N–H and O–H groups in total. The highest BCUT2D eigenvalue weighted by atomic mass is 16.5. The predicted molar refractivity (Wildman–Crippen MR) is 98.2 cm³/mol. The van der Waals surface area contributed by atoms with Gasteiger partial charge in [0.25, 0.3) is 0 Å². The van der Waals surface area contributed by atoms with Gasteiger partial charge in [-0.25, -0.2) is 0 Å². The van der Waals surface area contributed by atoms with E-state index in [2.05, 4.69) is 58.0 Å². The Morgan fingerprint density at radius 3 is 2.22 bits per heavy atom. The van der Waals surface area contributed by atoms with E-state index in [0.717, 1.165) is 12.2 Å². The summed E-state index contributed by atoms with van der Waals surface area (Å²) in [6.07, 6.45) is 0.930. The van der Waals surface area contributed by atoms with E-state index in [1.807, 2.05) is 18.2 Å². The van der Waals surface area contributed by atoms with Crippen molar-refractivity contribution in [3.8, 4) is 5.75 Å². The molecule has 0 saturated carbocycles. The first kappa shape index (κ1) is 17.6. The van der Waals surface area contributed by atoms with E-state index in [0.29, 0.717) is 19.1 Å². The fourth-order valence-electron chi connectivity index (χ4n) is 2.71. The smallest absolute Gasteiger partial charge is 0.122 e. The van der Waals surface area contributed by atoms with E-state index in [4.69, 9.17) is 10.5 Å². The van der Waals surface area contributed by atoms with Crippen LogP contribution >= 0.6 is 0 Å². The van der Waals surface area contributed by atoms with Gasteiger partial charge in [0.1, 0.15) is 5.75 Å². The van der Waals surface area contributed by atoms with Crippen LogP contribution in [-0.4, -0.2) is 13.2 Å². The third-order valence-electron chi connectivity index (χ3n) is 4.35. The van der Waals surface area contributed by atoms with Crippen LogP contribution in [0.5, 0.6) is 5.75 Å². The zero-order valence-corrected chi connectivity index (χ0v) is 14.8. The van der Waals surface area contributed by atoms with Crippen LogP contribution in [-0.2, 0) is 5.41 Å². The van der Waals surface area contributed by atoms with Crippen molar-refractivity contribution >= 4 is 0 Å². The molecule has 0 spiro atoms. The molecular weight excluding hydrogens is 282 g/mol. The fraction of sp³-hybridized carbons (Fsp3) is 0.429. The molecule has 124 valence electrons. The van der Waals surface area contributed by atoms with Gasteiger partial charge >= 0.3 is 0 Å². The quantitative estimate of drug-likeness (QED) is 0.831. The summed E-state index contributed by atoms with van der Waals surface area (Å²) in [5.74, 6) is 1.30. The van der Waals surface area contributed by atoms with Gasteiger partial charge in [-0.3, -0.25) is 0 Å². The average Bonchev–Trinajstić information content (AvgIpc) is 2.52. The van der Waals surface area contributed by atoms with E-state index >= 15 is 0 Å². The van der Waals surface area contributed by atoms with Crippen molar-refractivity contribution in [3.63, 3.8) is 0 Å². The van der Waals surface area contributed by atoms with E-state index in [9.17, 15) is 0 Å². The first-order chi connectivity index (χ1) is 10.9. The molecule has 0 aromatic heterocycles. The van der Waals surface area contributed by atoms with Crippen LogP contribution < -0.4 is 10.5 Å². The lowest BCUT2D eigenvalue weighted by Crippen LogP contribution is -2.16. The molecule has 2 aromatic rings. The predicted octanol–water partition coefficient (Wildman–Crippen LogP) is 4.80. The highest BCUT2D eigenvalue weighted by Crippen LogP contribution is 2.26. The lowest BCUT2D eigenvalue weighted by atomic mass is 9.85. The van der Waals surface area contributed by atoms with Crippen LogP contribution in [0.4, 0.5) is 0 Å². The van der Waals surface area contributed by atoms with Crippen molar-refractivity contribution in [1.29, 1.82) is 0 Å². The summed E-state index contributed by atoms with van der Waals surface area (Å²) in [5, 5.41) is 0. The van der Waals surface area contributed by atoms with Crippen LogP contribution in [0.1, 0.15) is 49.8 Å².